The largest absolute Gasteiger partial charge is 0.495 e. The summed E-state index contributed by atoms with van der Waals surface area (Å²) in [6.45, 7) is 4.12. The number of sulfonamides is 1. The molecule has 0 saturated heterocycles. The first-order valence-electron chi connectivity index (χ1n) is 9.80. The number of ether oxygens (including phenoxy) is 1. The van der Waals surface area contributed by atoms with Gasteiger partial charge in [-0.1, -0.05) is 36.4 Å². The van der Waals surface area contributed by atoms with Gasteiger partial charge in [-0.15, -0.1) is 0 Å². The van der Waals surface area contributed by atoms with E-state index in [2.05, 4.69) is 4.72 Å². The Morgan fingerprint density at radius 2 is 1.68 bits per heavy atom. The van der Waals surface area contributed by atoms with E-state index in [1.54, 1.807) is 13.1 Å². The Labute approximate surface area is 183 Å². The number of benzene rings is 3. The van der Waals surface area contributed by atoms with E-state index >= 15 is 0 Å². The Bertz CT molecular complexity index is 1190. The first kappa shape index (κ1) is 22.5. The van der Waals surface area contributed by atoms with Crippen LogP contribution in [0.5, 0.6) is 5.75 Å². The average molecular weight is 439 g/mol. The number of amides is 1. The van der Waals surface area contributed by atoms with Crippen molar-refractivity contribution in [2.24, 2.45) is 0 Å². The van der Waals surface area contributed by atoms with E-state index in [1.807, 2.05) is 62.4 Å². The lowest BCUT2D eigenvalue weighted by molar-refractivity contribution is 0.0992. The smallest absolute Gasteiger partial charge is 0.258 e. The summed E-state index contributed by atoms with van der Waals surface area (Å²) in [5.41, 5.74) is 4.01. The molecule has 0 heterocycles. The van der Waals surface area contributed by atoms with Gasteiger partial charge in [-0.05, 0) is 60.9 Å². The van der Waals surface area contributed by atoms with Crippen LogP contribution < -0.4 is 14.4 Å². The van der Waals surface area contributed by atoms with Crippen LogP contribution in [-0.4, -0.2) is 28.5 Å². The lowest BCUT2D eigenvalue weighted by atomic mass is 10.1. The van der Waals surface area contributed by atoms with Crippen molar-refractivity contribution in [3.8, 4) is 5.75 Å². The summed E-state index contributed by atoms with van der Waals surface area (Å²) in [5, 5.41) is 0. The van der Waals surface area contributed by atoms with Gasteiger partial charge in [-0.2, -0.15) is 0 Å². The number of carbonyl (C=O) groups is 1. The molecule has 1 N–H and O–H groups in total. The normalized spacial score (nSPS) is 11.2. The standard InChI is InChI=1S/C24H26N2O4S/c1-17-10-12-21(14-18(17)2)26(3)24(27)20-11-13-22(30-4)23(15-20)31(28,29)25-16-19-8-6-5-7-9-19/h5-15,25H,16H2,1-4H3. The minimum atomic E-state index is -3.91. The zero-order valence-corrected chi connectivity index (χ0v) is 18.9. The molecular weight excluding hydrogens is 412 g/mol. The number of hydrogen-bond acceptors (Lipinski definition) is 4. The number of anilines is 1. The molecule has 31 heavy (non-hydrogen) atoms. The highest BCUT2D eigenvalue weighted by molar-refractivity contribution is 7.89. The Balaban J connectivity index is 1.90. The van der Waals surface area contributed by atoms with Crippen molar-refractivity contribution in [2.45, 2.75) is 25.3 Å². The summed E-state index contributed by atoms with van der Waals surface area (Å²) in [4.78, 5) is 14.5. The second-order valence-corrected chi connectivity index (χ2v) is 9.04. The Hall–Kier alpha value is -3.16. The van der Waals surface area contributed by atoms with Gasteiger partial charge in [-0.3, -0.25) is 4.79 Å². The highest BCUT2D eigenvalue weighted by Crippen LogP contribution is 2.27. The van der Waals surface area contributed by atoms with Crippen molar-refractivity contribution >= 4 is 21.6 Å². The number of rotatable bonds is 7. The van der Waals surface area contributed by atoms with E-state index in [0.717, 1.165) is 22.4 Å². The van der Waals surface area contributed by atoms with Gasteiger partial charge < -0.3 is 9.64 Å². The minimum absolute atomic E-state index is 0.0785. The van der Waals surface area contributed by atoms with Crippen LogP contribution in [0.2, 0.25) is 0 Å². The fourth-order valence-electron chi connectivity index (χ4n) is 3.12. The quantitative estimate of drug-likeness (QED) is 0.603. The van der Waals surface area contributed by atoms with Crippen LogP contribution >= 0.6 is 0 Å². The summed E-state index contributed by atoms with van der Waals surface area (Å²) < 4.78 is 33.8. The summed E-state index contributed by atoms with van der Waals surface area (Å²) in [6, 6.07) is 19.4. The minimum Gasteiger partial charge on any atom is -0.495 e. The summed E-state index contributed by atoms with van der Waals surface area (Å²) in [7, 11) is -0.843. The molecular formula is C24H26N2O4S. The molecule has 0 unspecified atom stereocenters. The second kappa shape index (κ2) is 9.32. The zero-order chi connectivity index (χ0) is 22.6. The van der Waals surface area contributed by atoms with Gasteiger partial charge in [0, 0.05) is 24.8 Å². The monoisotopic (exact) mass is 438 g/mol. The molecule has 0 atom stereocenters. The molecule has 6 nitrogen and oxygen atoms in total. The van der Waals surface area contributed by atoms with E-state index in [9.17, 15) is 13.2 Å². The van der Waals surface area contributed by atoms with Gasteiger partial charge in [-0.25, -0.2) is 13.1 Å². The molecule has 0 fully saturated rings. The topological polar surface area (TPSA) is 75.7 Å². The molecule has 162 valence electrons. The lowest BCUT2D eigenvalue weighted by Gasteiger charge is -2.19. The summed E-state index contributed by atoms with van der Waals surface area (Å²) in [6.07, 6.45) is 0. The van der Waals surface area contributed by atoms with Crippen LogP contribution in [0.15, 0.2) is 71.6 Å². The molecule has 1 amide bonds. The molecule has 3 rings (SSSR count). The molecule has 0 spiro atoms. The highest BCUT2D eigenvalue weighted by Gasteiger charge is 2.23. The van der Waals surface area contributed by atoms with Gasteiger partial charge in [0.1, 0.15) is 10.6 Å². The SMILES string of the molecule is COc1ccc(C(=O)N(C)c2ccc(C)c(C)c2)cc1S(=O)(=O)NCc1ccccc1. The van der Waals surface area contributed by atoms with E-state index < -0.39 is 10.0 Å². The summed E-state index contributed by atoms with van der Waals surface area (Å²) in [5.74, 6) is -0.142. The van der Waals surface area contributed by atoms with Crippen molar-refractivity contribution in [3.63, 3.8) is 0 Å². The Morgan fingerprint density at radius 1 is 0.968 bits per heavy atom. The molecule has 3 aromatic carbocycles. The van der Waals surface area contributed by atoms with Crippen LogP contribution in [0.4, 0.5) is 5.69 Å². The number of hydrogen-bond donors (Lipinski definition) is 1. The van der Waals surface area contributed by atoms with E-state index in [4.69, 9.17) is 4.74 Å². The van der Waals surface area contributed by atoms with Gasteiger partial charge in [0.05, 0.1) is 7.11 Å². The maximum atomic E-state index is 13.1. The first-order valence-corrected chi connectivity index (χ1v) is 11.3. The van der Waals surface area contributed by atoms with E-state index in [0.29, 0.717) is 0 Å². The van der Waals surface area contributed by atoms with Crippen molar-refractivity contribution in [3.05, 3.63) is 89.0 Å². The molecule has 0 aromatic heterocycles. The molecule has 0 radical (unpaired) electrons. The predicted molar refractivity (Wildman–Crippen MR) is 122 cm³/mol. The number of nitrogens with one attached hydrogen (secondary N) is 1. The first-order chi connectivity index (χ1) is 14.7. The van der Waals surface area contributed by atoms with E-state index in [1.165, 1.54) is 24.1 Å². The van der Waals surface area contributed by atoms with Gasteiger partial charge in [0.15, 0.2) is 0 Å². The van der Waals surface area contributed by atoms with E-state index in [-0.39, 0.29) is 28.7 Å². The average Bonchev–Trinajstić information content (AvgIpc) is 2.79. The van der Waals surface area contributed by atoms with Crippen LogP contribution in [0.3, 0.4) is 0 Å². The predicted octanol–water partition coefficient (Wildman–Crippen LogP) is 4.07. The van der Waals surface area contributed by atoms with Crippen molar-refractivity contribution in [1.29, 1.82) is 0 Å². The maximum Gasteiger partial charge on any atom is 0.258 e. The second-order valence-electron chi connectivity index (χ2n) is 7.31. The highest BCUT2D eigenvalue weighted by atomic mass is 32.2. The molecule has 0 bridgehead atoms. The van der Waals surface area contributed by atoms with Gasteiger partial charge >= 0.3 is 0 Å². The van der Waals surface area contributed by atoms with Crippen LogP contribution in [-0.2, 0) is 16.6 Å². The zero-order valence-electron chi connectivity index (χ0n) is 18.0. The van der Waals surface area contributed by atoms with Crippen LogP contribution in [0.1, 0.15) is 27.0 Å². The Morgan fingerprint density at radius 3 is 2.32 bits per heavy atom. The molecule has 0 aliphatic carbocycles. The molecule has 3 aromatic rings. The maximum absolute atomic E-state index is 13.1. The number of methoxy groups -OCH3 is 1. The number of aryl methyl sites for hydroxylation is 2. The summed E-state index contributed by atoms with van der Waals surface area (Å²) >= 11 is 0. The van der Waals surface area contributed by atoms with Gasteiger partial charge in [0.2, 0.25) is 10.0 Å². The lowest BCUT2D eigenvalue weighted by Crippen LogP contribution is -2.27. The number of nitrogens with zero attached hydrogens (tertiary/aromatic N) is 1. The van der Waals surface area contributed by atoms with Crippen LogP contribution in [0, 0.1) is 13.8 Å². The molecule has 7 heteroatoms. The van der Waals surface area contributed by atoms with Gasteiger partial charge in [0.25, 0.3) is 5.91 Å². The third kappa shape index (κ3) is 5.13. The Kier molecular flexibility index (Phi) is 6.77. The van der Waals surface area contributed by atoms with Crippen LogP contribution in [0.25, 0.3) is 0 Å². The fraction of sp³-hybridized carbons (Fsp3) is 0.208. The molecule has 0 aliphatic heterocycles. The fourth-order valence-corrected chi connectivity index (χ4v) is 4.33. The third-order valence-corrected chi connectivity index (χ3v) is 6.61. The van der Waals surface area contributed by atoms with Crippen molar-refractivity contribution < 1.29 is 17.9 Å². The molecule has 0 saturated carbocycles. The van der Waals surface area contributed by atoms with Crippen molar-refractivity contribution in [1.82, 2.24) is 4.72 Å². The van der Waals surface area contributed by atoms with Crippen molar-refractivity contribution in [2.75, 3.05) is 19.1 Å². The number of carbonyl (C=O) groups excluding carboxylic acids is 1. The third-order valence-electron chi connectivity index (χ3n) is 5.19. The molecule has 0 aliphatic rings.